The highest BCUT2D eigenvalue weighted by Gasteiger charge is 2.23. The van der Waals surface area contributed by atoms with Gasteiger partial charge in [-0.2, -0.15) is 0 Å². The Morgan fingerprint density at radius 2 is 1.96 bits per heavy atom. The van der Waals surface area contributed by atoms with E-state index in [2.05, 4.69) is 40.7 Å². The molecule has 1 fully saturated rings. The summed E-state index contributed by atoms with van der Waals surface area (Å²) in [6.07, 6.45) is 0. The van der Waals surface area contributed by atoms with Gasteiger partial charge in [0.25, 0.3) is 0 Å². The Bertz CT molecular complexity index is 779. The van der Waals surface area contributed by atoms with Crippen molar-refractivity contribution in [1.82, 2.24) is 10.2 Å². The number of para-hydroxylation sites is 1. The van der Waals surface area contributed by atoms with Gasteiger partial charge in [0, 0.05) is 36.8 Å². The third kappa shape index (κ3) is 2.69. The Morgan fingerprint density at radius 3 is 2.78 bits per heavy atom. The van der Waals surface area contributed by atoms with Crippen LogP contribution >= 0.6 is 11.6 Å². The highest BCUT2D eigenvalue weighted by molar-refractivity contribution is 6.31. The van der Waals surface area contributed by atoms with Crippen LogP contribution in [0, 0.1) is 6.92 Å². The smallest absolute Gasteiger partial charge is 0.138 e. The molecule has 5 heteroatoms. The van der Waals surface area contributed by atoms with Crippen LogP contribution in [0.2, 0.25) is 5.02 Å². The predicted molar refractivity (Wildman–Crippen MR) is 96.6 cm³/mol. The van der Waals surface area contributed by atoms with Crippen molar-refractivity contribution < 1.29 is 0 Å². The Hall–Kier alpha value is -2.04. The minimum absolute atomic E-state index is 0.705. The minimum atomic E-state index is 0.705. The number of benzene rings is 2. The number of hydrogen-bond donors (Lipinski definition) is 2. The van der Waals surface area contributed by atoms with Gasteiger partial charge in [-0.15, -0.1) is 0 Å². The van der Waals surface area contributed by atoms with Gasteiger partial charge in [-0.25, -0.2) is 4.99 Å². The summed E-state index contributed by atoms with van der Waals surface area (Å²) in [6.45, 7) is 6.01. The van der Waals surface area contributed by atoms with E-state index in [1.807, 2.05) is 18.2 Å². The molecule has 2 aliphatic heterocycles. The van der Waals surface area contributed by atoms with E-state index in [0.29, 0.717) is 5.02 Å². The number of fused-ring (bicyclic) bond motifs is 2. The topological polar surface area (TPSA) is 39.7 Å². The van der Waals surface area contributed by atoms with E-state index in [1.54, 1.807) is 0 Å². The van der Waals surface area contributed by atoms with Gasteiger partial charge in [0.05, 0.1) is 17.1 Å². The van der Waals surface area contributed by atoms with Gasteiger partial charge in [0.2, 0.25) is 0 Å². The van der Waals surface area contributed by atoms with Crippen LogP contribution < -0.4 is 10.6 Å². The first-order valence-corrected chi connectivity index (χ1v) is 8.31. The highest BCUT2D eigenvalue weighted by atomic mass is 35.5. The van der Waals surface area contributed by atoms with Crippen molar-refractivity contribution in [2.75, 3.05) is 31.5 Å². The molecule has 0 atom stereocenters. The van der Waals surface area contributed by atoms with Gasteiger partial charge >= 0.3 is 0 Å². The summed E-state index contributed by atoms with van der Waals surface area (Å²) in [5.74, 6) is 1.03. The van der Waals surface area contributed by atoms with Crippen LogP contribution in [-0.2, 0) is 0 Å². The van der Waals surface area contributed by atoms with E-state index in [-0.39, 0.29) is 0 Å². The van der Waals surface area contributed by atoms with Crippen molar-refractivity contribution in [1.29, 1.82) is 0 Å². The predicted octanol–water partition coefficient (Wildman–Crippen LogP) is 3.69. The molecule has 0 radical (unpaired) electrons. The molecule has 4 rings (SSSR count). The van der Waals surface area contributed by atoms with Crippen LogP contribution in [0.5, 0.6) is 0 Å². The molecule has 0 aromatic heterocycles. The first kappa shape index (κ1) is 14.5. The normalized spacial score (nSPS) is 16.8. The van der Waals surface area contributed by atoms with Crippen molar-refractivity contribution in [2.24, 2.45) is 4.99 Å². The first-order chi connectivity index (χ1) is 11.2. The standard InChI is InChI=1S/C18H19ClN4/c1-12-3-2-4-14-17(12)21-15-6-5-13(19)11-16(15)22-18(14)23-9-7-20-8-10-23/h2-6,11,20-21H,7-10H2,1H3. The van der Waals surface area contributed by atoms with Gasteiger partial charge in [-0.1, -0.05) is 23.7 Å². The lowest BCUT2D eigenvalue weighted by Gasteiger charge is -2.31. The summed E-state index contributed by atoms with van der Waals surface area (Å²) in [5.41, 5.74) is 5.38. The average molecular weight is 327 g/mol. The maximum Gasteiger partial charge on any atom is 0.138 e. The molecule has 0 spiro atoms. The minimum Gasteiger partial charge on any atom is -0.353 e. The van der Waals surface area contributed by atoms with Crippen molar-refractivity contribution in [3.63, 3.8) is 0 Å². The Balaban J connectivity index is 1.91. The van der Waals surface area contributed by atoms with Gasteiger partial charge in [-0.3, -0.25) is 0 Å². The van der Waals surface area contributed by atoms with Gasteiger partial charge in [0.15, 0.2) is 0 Å². The maximum atomic E-state index is 6.19. The monoisotopic (exact) mass is 326 g/mol. The van der Waals surface area contributed by atoms with Crippen molar-refractivity contribution in [2.45, 2.75) is 6.92 Å². The van der Waals surface area contributed by atoms with Crippen LogP contribution in [-0.4, -0.2) is 36.9 Å². The number of hydrogen-bond acceptors (Lipinski definition) is 4. The summed E-state index contributed by atoms with van der Waals surface area (Å²) in [7, 11) is 0. The number of amidine groups is 1. The summed E-state index contributed by atoms with van der Waals surface area (Å²) >= 11 is 6.19. The summed E-state index contributed by atoms with van der Waals surface area (Å²) in [6, 6.07) is 12.2. The second kappa shape index (κ2) is 5.87. The fourth-order valence-electron chi connectivity index (χ4n) is 3.15. The van der Waals surface area contributed by atoms with Crippen molar-refractivity contribution >= 4 is 34.5 Å². The number of nitrogens with zero attached hydrogens (tertiary/aromatic N) is 2. The fourth-order valence-corrected chi connectivity index (χ4v) is 3.32. The number of aryl methyl sites for hydroxylation is 1. The SMILES string of the molecule is Cc1cccc2c1Nc1ccc(Cl)cc1N=C2N1CCNCC1. The molecule has 2 aromatic rings. The molecule has 4 nitrogen and oxygen atoms in total. The summed E-state index contributed by atoms with van der Waals surface area (Å²) < 4.78 is 0. The Morgan fingerprint density at radius 1 is 1.13 bits per heavy atom. The first-order valence-electron chi connectivity index (χ1n) is 7.93. The number of halogens is 1. The molecule has 2 aromatic carbocycles. The molecule has 0 amide bonds. The third-order valence-corrected chi connectivity index (χ3v) is 4.61. The van der Waals surface area contributed by atoms with E-state index < -0.39 is 0 Å². The second-order valence-corrected chi connectivity index (χ2v) is 6.39. The average Bonchev–Trinajstić information content (AvgIpc) is 2.73. The number of piperazine rings is 1. The molecular weight excluding hydrogens is 308 g/mol. The molecule has 0 aliphatic carbocycles. The Labute approximate surface area is 141 Å². The molecule has 0 bridgehead atoms. The highest BCUT2D eigenvalue weighted by Crippen LogP contribution is 2.37. The maximum absolute atomic E-state index is 6.19. The lowest BCUT2D eigenvalue weighted by Crippen LogP contribution is -2.46. The van der Waals surface area contributed by atoms with E-state index in [4.69, 9.17) is 16.6 Å². The second-order valence-electron chi connectivity index (χ2n) is 5.96. The molecule has 2 aliphatic rings. The summed E-state index contributed by atoms with van der Waals surface area (Å²) in [4.78, 5) is 7.33. The van der Waals surface area contributed by atoms with E-state index in [9.17, 15) is 0 Å². The quantitative estimate of drug-likeness (QED) is 0.775. The van der Waals surface area contributed by atoms with Crippen LogP contribution in [0.15, 0.2) is 41.4 Å². The molecule has 1 saturated heterocycles. The zero-order valence-electron chi connectivity index (χ0n) is 13.1. The lowest BCUT2D eigenvalue weighted by molar-refractivity contribution is 0.358. The summed E-state index contributed by atoms with van der Waals surface area (Å²) in [5, 5.41) is 7.66. The van der Waals surface area contributed by atoms with E-state index >= 15 is 0 Å². The van der Waals surface area contributed by atoms with Crippen LogP contribution in [0.1, 0.15) is 11.1 Å². The van der Waals surface area contributed by atoms with Gasteiger partial charge in [0.1, 0.15) is 5.84 Å². The molecule has 2 heterocycles. The molecule has 23 heavy (non-hydrogen) atoms. The van der Waals surface area contributed by atoms with Crippen LogP contribution in [0.3, 0.4) is 0 Å². The lowest BCUT2D eigenvalue weighted by atomic mass is 10.1. The fraction of sp³-hybridized carbons (Fsp3) is 0.278. The van der Waals surface area contributed by atoms with E-state index in [1.165, 1.54) is 5.56 Å². The molecule has 0 unspecified atom stereocenters. The zero-order valence-corrected chi connectivity index (χ0v) is 13.8. The number of anilines is 2. The third-order valence-electron chi connectivity index (χ3n) is 4.38. The number of nitrogens with one attached hydrogen (secondary N) is 2. The number of aliphatic imine (C=N–C) groups is 1. The molecule has 2 N–H and O–H groups in total. The van der Waals surface area contributed by atoms with Crippen LogP contribution in [0.4, 0.5) is 17.1 Å². The number of rotatable bonds is 0. The largest absolute Gasteiger partial charge is 0.353 e. The van der Waals surface area contributed by atoms with E-state index in [0.717, 1.165) is 54.6 Å². The van der Waals surface area contributed by atoms with Crippen molar-refractivity contribution in [3.05, 3.63) is 52.5 Å². The van der Waals surface area contributed by atoms with Gasteiger partial charge in [-0.05, 0) is 36.8 Å². The molecule has 118 valence electrons. The van der Waals surface area contributed by atoms with Crippen LogP contribution in [0.25, 0.3) is 0 Å². The van der Waals surface area contributed by atoms with Gasteiger partial charge < -0.3 is 15.5 Å². The molecule has 0 saturated carbocycles. The zero-order chi connectivity index (χ0) is 15.8. The Kier molecular flexibility index (Phi) is 3.71. The van der Waals surface area contributed by atoms with Crippen molar-refractivity contribution in [3.8, 4) is 0 Å². The molecular formula is C18H19ClN4.